The molecule has 0 aromatic carbocycles. The third-order valence-corrected chi connectivity index (χ3v) is 6.50. The van der Waals surface area contributed by atoms with Crippen LogP contribution >= 0.6 is 0 Å². The van der Waals surface area contributed by atoms with Crippen LogP contribution in [-0.4, -0.2) is 74.4 Å². The van der Waals surface area contributed by atoms with Crippen LogP contribution in [0.1, 0.15) is 38.5 Å². The molecule has 5 aliphatic rings. The SMILES string of the molecule is O[C@@H](COCCOC12CC3CC(CC(C3)C1)C2)CN1CCOCC1. The van der Waals surface area contributed by atoms with Gasteiger partial charge in [-0.3, -0.25) is 4.90 Å². The summed E-state index contributed by atoms with van der Waals surface area (Å²) in [7, 11) is 0. The van der Waals surface area contributed by atoms with Gasteiger partial charge in [-0.1, -0.05) is 0 Å². The summed E-state index contributed by atoms with van der Waals surface area (Å²) >= 11 is 0. The zero-order chi connectivity index (χ0) is 16.4. The van der Waals surface area contributed by atoms with Gasteiger partial charge in [-0.05, 0) is 56.3 Å². The second kappa shape index (κ2) is 7.58. The maximum atomic E-state index is 10.1. The Morgan fingerprint density at radius 1 is 1.00 bits per heavy atom. The van der Waals surface area contributed by atoms with E-state index in [1.54, 1.807) is 0 Å². The van der Waals surface area contributed by atoms with E-state index in [9.17, 15) is 5.11 Å². The van der Waals surface area contributed by atoms with Gasteiger partial charge in [0.1, 0.15) is 0 Å². The molecule has 24 heavy (non-hydrogen) atoms. The molecule has 5 nitrogen and oxygen atoms in total. The number of ether oxygens (including phenoxy) is 3. The van der Waals surface area contributed by atoms with Crippen molar-refractivity contribution < 1.29 is 19.3 Å². The van der Waals surface area contributed by atoms with Gasteiger partial charge in [-0.15, -0.1) is 0 Å². The highest BCUT2D eigenvalue weighted by atomic mass is 16.5. The summed E-state index contributed by atoms with van der Waals surface area (Å²) in [6.45, 7) is 5.72. The molecular weight excluding hydrogens is 306 g/mol. The molecule has 1 atom stereocenters. The molecule has 5 fully saturated rings. The lowest BCUT2D eigenvalue weighted by Gasteiger charge is -2.56. The predicted octanol–water partition coefficient (Wildman–Crippen LogP) is 1.68. The summed E-state index contributed by atoms with van der Waals surface area (Å²) in [6, 6.07) is 0. The summed E-state index contributed by atoms with van der Waals surface area (Å²) in [4.78, 5) is 2.24. The standard InChI is InChI=1S/C19H33NO4/c21-18(13-20-1-3-22-4-2-20)14-23-5-6-24-19-10-15-7-16(11-19)9-17(8-15)12-19/h15-18,21H,1-14H2/t15?,16?,17?,18-,19?/m1/s1. The highest BCUT2D eigenvalue weighted by Crippen LogP contribution is 2.57. The highest BCUT2D eigenvalue weighted by Gasteiger charge is 2.51. The first-order valence-corrected chi connectivity index (χ1v) is 9.91. The van der Waals surface area contributed by atoms with Gasteiger partial charge < -0.3 is 19.3 Å². The minimum Gasteiger partial charge on any atom is -0.389 e. The molecule has 0 aromatic rings. The molecule has 4 aliphatic carbocycles. The Kier molecular flexibility index (Phi) is 5.44. The van der Waals surface area contributed by atoms with Gasteiger partial charge in [-0.2, -0.15) is 0 Å². The molecule has 4 bridgehead atoms. The smallest absolute Gasteiger partial charge is 0.0900 e. The Morgan fingerprint density at radius 2 is 1.62 bits per heavy atom. The first kappa shape index (κ1) is 17.2. The fourth-order valence-corrected chi connectivity index (χ4v) is 5.88. The topological polar surface area (TPSA) is 51.2 Å². The van der Waals surface area contributed by atoms with Crippen molar-refractivity contribution in [1.82, 2.24) is 4.90 Å². The number of hydrogen-bond acceptors (Lipinski definition) is 5. The quantitative estimate of drug-likeness (QED) is 0.682. The van der Waals surface area contributed by atoms with Gasteiger partial charge in [0.2, 0.25) is 0 Å². The van der Waals surface area contributed by atoms with Gasteiger partial charge >= 0.3 is 0 Å². The fraction of sp³-hybridized carbons (Fsp3) is 1.00. The monoisotopic (exact) mass is 339 g/mol. The molecule has 0 aromatic heterocycles. The molecule has 0 amide bonds. The van der Waals surface area contributed by atoms with Crippen LogP contribution in [0.5, 0.6) is 0 Å². The lowest BCUT2D eigenvalue weighted by molar-refractivity contribution is -0.170. The minimum absolute atomic E-state index is 0.171. The first-order chi connectivity index (χ1) is 11.7. The summed E-state index contributed by atoms with van der Waals surface area (Å²) in [5.41, 5.74) is 0.171. The molecule has 138 valence electrons. The lowest BCUT2D eigenvalue weighted by atomic mass is 9.54. The van der Waals surface area contributed by atoms with E-state index in [0.717, 1.165) is 44.1 Å². The normalized spacial score (nSPS) is 40.1. The van der Waals surface area contributed by atoms with Crippen molar-refractivity contribution in [2.24, 2.45) is 17.8 Å². The molecule has 5 rings (SSSR count). The van der Waals surface area contributed by atoms with Crippen LogP contribution in [0.15, 0.2) is 0 Å². The van der Waals surface area contributed by atoms with Crippen molar-refractivity contribution in [3.05, 3.63) is 0 Å². The number of aliphatic hydroxyl groups excluding tert-OH is 1. The van der Waals surface area contributed by atoms with Crippen molar-refractivity contribution in [2.75, 3.05) is 52.7 Å². The number of hydrogen-bond donors (Lipinski definition) is 1. The Hall–Kier alpha value is -0.200. The molecular formula is C19H33NO4. The summed E-state index contributed by atoms with van der Waals surface area (Å²) in [5.74, 6) is 2.77. The first-order valence-electron chi connectivity index (χ1n) is 9.91. The third-order valence-electron chi connectivity index (χ3n) is 6.50. The highest BCUT2D eigenvalue weighted by molar-refractivity contribution is 5.03. The number of β-amino-alcohol motifs (C(OH)–C–C–N with tert-alkyl or cyclic N) is 1. The number of morpholine rings is 1. The molecule has 5 heteroatoms. The van der Waals surface area contributed by atoms with Gasteiger partial charge in [0, 0.05) is 19.6 Å². The number of nitrogens with zero attached hydrogens (tertiary/aromatic N) is 1. The maximum Gasteiger partial charge on any atom is 0.0900 e. The molecule has 1 N–H and O–H groups in total. The van der Waals surface area contributed by atoms with Crippen molar-refractivity contribution in [1.29, 1.82) is 0 Å². The number of rotatable bonds is 8. The van der Waals surface area contributed by atoms with E-state index >= 15 is 0 Å². The van der Waals surface area contributed by atoms with Crippen LogP contribution in [0.4, 0.5) is 0 Å². The lowest BCUT2D eigenvalue weighted by Crippen LogP contribution is -2.52. The van der Waals surface area contributed by atoms with Gasteiger partial charge in [0.05, 0.1) is 44.7 Å². The average molecular weight is 339 g/mol. The maximum absolute atomic E-state index is 10.1. The van der Waals surface area contributed by atoms with Crippen LogP contribution in [0.3, 0.4) is 0 Å². The number of aliphatic hydroxyl groups is 1. The van der Waals surface area contributed by atoms with Crippen molar-refractivity contribution in [3.8, 4) is 0 Å². The molecule has 1 heterocycles. The molecule has 0 radical (unpaired) electrons. The van der Waals surface area contributed by atoms with Gasteiger partial charge in [0.25, 0.3) is 0 Å². The van der Waals surface area contributed by atoms with E-state index in [2.05, 4.69) is 4.90 Å². The van der Waals surface area contributed by atoms with E-state index in [1.165, 1.54) is 38.5 Å². The molecule has 4 saturated carbocycles. The van der Waals surface area contributed by atoms with Crippen molar-refractivity contribution in [2.45, 2.75) is 50.2 Å². The fourth-order valence-electron chi connectivity index (χ4n) is 5.88. The molecule has 0 spiro atoms. The minimum atomic E-state index is -0.414. The summed E-state index contributed by atoms with van der Waals surface area (Å²) < 4.78 is 17.3. The van der Waals surface area contributed by atoms with Crippen LogP contribution in [0.2, 0.25) is 0 Å². The van der Waals surface area contributed by atoms with E-state index in [4.69, 9.17) is 14.2 Å². The summed E-state index contributed by atoms with van der Waals surface area (Å²) in [5, 5.41) is 10.1. The Labute approximate surface area is 145 Å². The van der Waals surface area contributed by atoms with Crippen molar-refractivity contribution >= 4 is 0 Å². The van der Waals surface area contributed by atoms with Crippen LogP contribution < -0.4 is 0 Å². The Bertz CT molecular complexity index is 375. The van der Waals surface area contributed by atoms with E-state index in [-0.39, 0.29) is 5.60 Å². The Morgan fingerprint density at radius 3 is 2.25 bits per heavy atom. The second-order valence-electron chi connectivity index (χ2n) is 8.59. The van der Waals surface area contributed by atoms with E-state index < -0.39 is 6.10 Å². The predicted molar refractivity (Wildman–Crippen MR) is 90.9 cm³/mol. The largest absolute Gasteiger partial charge is 0.389 e. The zero-order valence-corrected chi connectivity index (χ0v) is 14.8. The zero-order valence-electron chi connectivity index (χ0n) is 14.8. The molecule has 0 unspecified atom stereocenters. The van der Waals surface area contributed by atoms with Crippen LogP contribution in [0, 0.1) is 17.8 Å². The van der Waals surface area contributed by atoms with Crippen LogP contribution in [0.25, 0.3) is 0 Å². The second-order valence-corrected chi connectivity index (χ2v) is 8.59. The van der Waals surface area contributed by atoms with E-state index in [1.807, 2.05) is 0 Å². The average Bonchev–Trinajstić information content (AvgIpc) is 2.54. The van der Waals surface area contributed by atoms with Crippen LogP contribution in [-0.2, 0) is 14.2 Å². The Balaban J connectivity index is 1.11. The van der Waals surface area contributed by atoms with Crippen molar-refractivity contribution in [3.63, 3.8) is 0 Å². The molecule has 1 saturated heterocycles. The third kappa shape index (κ3) is 4.13. The van der Waals surface area contributed by atoms with E-state index in [0.29, 0.717) is 26.4 Å². The van der Waals surface area contributed by atoms with Gasteiger partial charge in [-0.25, -0.2) is 0 Å². The molecule has 1 aliphatic heterocycles. The summed E-state index contributed by atoms with van der Waals surface area (Å²) in [6.07, 6.45) is 7.77. The van der Waals surface area contributed by atoms with Gasteiger partial charge in [0.15, 0.2) is 0 Å².